The largest absolute Gasteiger partial charge is 0.496 e. The fourth-order valence-corrected chi connectivity index (χ4v) is 3.19. The average molecular weight is 262 g/mol. The standard InChI is InChI=1S/C16H26N2O/c1-3-10-18(11-9-17)14-7-8-15-13(12-14)5-4-6-16(15)19-2/h4-6,14H,3,7-12,17H2,1-2H3/t14-/m1/s1. The Morgan fingerprint density at radius 1 is 1.37 bits per heavy atom. The maximum atomic E-state index is 5.74. The van der Waals surface area contributed by atoms with Gasteiger partial charge in [-0.3, -0.25) is 4.90 Å². The molecule has 1 aromatic carbocycles. The van der Waals surface area contributed by atoms with Crippen LogP contribution < -0.4 is 10.5 Å². The minimum absolute atomic E-state index is 0.642. The van der Waals surface area contributed by atoms with E-state index in [0.29, 0.717) is 6.04 Å². The molecule has 0 saturated carbocycles. The van der Waals surface area contributed by atoms with E-state index >= 15 is 0 Å². The summed E-state index contributed by atoms with van der Waals surface area (Å²) in [4.78, 5) is 2.56. The Bertz CT molecular complexity index is 400. The van der Waals surface area contributed by atoms with Gasteiger partial charge in [-0.15, -0.1) is 0 Å². The van der Waals surface area contributed by atoms with Gasteiger partial charge in [0.1, 0.15) is 5.75 Å². The van der Waals surface area contributed by atoms with Crippen molar-refractivity contribution in [1.82, 2.24) is 4.90 Å². The van der Waals surface area contributed by atoms with Crippen LogP contribution in [0.4, 0.5) is 0 Å². The van der Waals surface area contributed by atoms with E-state index in [1.807, 2.05) is 0 Å². The molecule has 3 heteroatoms. The van der Waals surface area contributed by atoms with Crippen LogP contribution in [0.5, 0.6) is 5.75 Å². The molecule has 0 bridgehead atoms. The first-order chi connectivity index (χ1) is 9.30. The van der Waals surface area contributed by atoms with Crippen molar-refractivity contribution < 1.29 is 4.74 Å². The second kappa shape index (κ2) is 6.92. The lowest BCUT2D eigenvalue weighted by Gasteiger charge is -2.35. The van der Waals surface area contributed by atoms with Gasteiger partial charge < -0.3 is 10.5 Å². The molecular weight excluding hydrogens is 236 g/mol. The lowest BCUT2D eigenvalue weighted by atomic mass is 9.86. The van der Waals surface area contributed by atoms with Crippen LogP contribution in [0.2, 0.25) is 0 Å². The Kier molecular flexibility index (Phi) is 5.23. The van der Waals surface area contributed by atoms with Crippen molar-refractivity contribution in [2.24, 2.45) is 5.73 Å². The number of nitrogens with two attached hydrogens (primary N) is 1. The highest BCUT2D eigenvalue weighted by atomic mass is 16.5. The van der Waals surface area contributed by atoms with Crippen LogP contribution >= 0.6 is 0 Å². The Hall–Kier alpha value is -1.06. The molecule has 19 heavy (non-hydrogen) atoms. The Balaban J connectivity index is 2.12. The first-order valence-corrected chi connectivity index (χ1v) is 7.39. The summed E-state index contributed by atoms with van der Waals surface area (Å²) in [6.07, 6.45) is 4.66. The zero-order valence-electron chi connectivity index (χ0n) is 12.2. The van der Waals surface area contributed by atoms with Crippen molar-refractivity contribution in [3.05, 3.63) is 29.3 Å². The molecule has 0 radical (unpaired) electrons. The second-order valence-electron chi connectivity index (χ2n) is 5.32. The predicted octanol–water partition coefficient (Wildman–Crippen LogP) is 2.22. The van der Waals surface area contributed by atoms with E-state index in [9.17, 15) is 0 Å². The van der Waals surface area contributed by atoms with Crippen molar-refractivity contribution in [2.75, 3.05) is 26.7 Å². The van der Waals surface area contributed by atoms with E-state index in [1.54, 1.807) is 7.11 Å². The molecule has 0 heterocycles. The van der Waals surface area contributed by atoms with Crippen LogP contribution in [0.3, 0.4) is 0 Å². The normalized spacial score (nSPS) is 18.4. The van der Waals surface area contributed by atoms with Gasteiger partial charge in [-0.2, -0.15) is 0 Å². The highest BCUT2D eigenvalue weighted by Crippen LogP contribution is 2.31. The van der Waals surface area contributed by atoms with Gasteiger partial charge in [0, 0.05) is 19.1 Å². The lowest BCUT2D eigenvalue weighted by molar-refractivity contribution is 0.184. The highest BCUT2D eigenvalue weighted by molar-refractivity contribution is 5.42. The maximum Gasteiger partial charge on any atom is 0.122 e. The summed E-state index contributed by atoms with van der Waals surface area (Å²) in [5.41, 5.74) is 8.61. The van der Waals surface area contributed by atoms with Gasteiger partial charge in [-0.25, -0.2) is 0 Å². The number of methoxy groups -OCH3 is 1. The number of ether oxygens (including phenoxy) is 1. The number of hydrogen-bond acceptors (Lipinski definition) is 3. The smallest absolute Gasteiger partial charge is 0.122 e. The summed E-state index contributed by atoms with van der Waals surface area (Å²) in [6, 6.07) is 7.06. The molecule has 0 aromatic heterocycles. The minimum Gasteiger partial charge on any atom is -0.496 e. The molecule has 0 fully saturated rings. The van der Waals surface area contributed by atoms with Crippen molar-refractivity contribution in [2.45, 2.75) is 38.6 Å². The van der Waals surface area contributed by atoms with Gasteiger partial charge in [-0.05, 0) is 49.4 Å². The molecule has 2 rings (SSSR count). The molecule has 1 atom stereocenters. The molecule has 106 valence electrons. The number of hydrogen-bond donors (Lipinski definition) is 1. The first-order valence-electron chi connectivity index (χ1n) is 7.39. The molecule has 1 aliphatic rings. The molecule has 0 saturated heterocycles. The first kappa shape index (κ1) is 14.4. The number of fused-ring (bicyclic) bond motifs is 1. The quantitative estimate of drug-likeness (QED) is 0.854. The fourth-order valence-electron chi connectivity index (χ4n) is 3.19. The molecule has 3 nitrogen and oxygen atoms in total. The summed E-state index contributed by atoms with van der Waals surface area (Å²) < 4.78 is 5.47. The van der Waals surface area contributed by atoms with Gasteiger partial charge >= 0.3 is 0 Å². The lowest BCUT2D eigenvalue weighted by Crippen LogP contribution is -2.42. The summed E-state index contributed by atoms with van der Waals surface area (Å²) in [5, 5.41) is 0. The third-order valence-electron chi connectivity index (χ3n) is 4.08. The topological polar surface area (TPSA) is 38.5 Å². The minimum atomic E-state index is 0.642. The van der Waals surface area contributed by atoms with Gasteiger partial charge in [0.25, 0.3) is 0 Å². The van der Waals surface area contributed by atoms with Gasteiger partial charge in [0.15, 0.2) is 0 Å². The summed E-state index contributed by atoms with van der Waals surface area (Å²) in [7, 11) is 1.76. The Morgan fingerprint density at radius 3 is 2.89 bits per heavy atom. The molecular formula is C16H26N2O. The van der Waals surface area contributed by atoms with Gasteiger partial charge in [0.05, 0.1) is 7.11 Å². The number of benzene rings is 1. The summed E-state index contributed by atoms with van der Waals surface area (Å²) in [6.45, 7) is 5.16. The van der Waals surface area contributed by atoms with Crippen LogP contribution in [0.1, 0.15) is 30.9 Å². The average Bonchev–Trinajstić information content (AvgIpc) is 2.45. The van der Waals surface area contributed by atoms with Crippen LogP contribution in [0, 0.1) is 0 Å². The molecule has 0 unspecified atom stereocenters. The van der Waals surface area contributed by atoms with Crippen LogP contribution in [0.25, 0.3) is 0 Å². The molecule has 1 aromatic rings. The van der Waals surface area contributed by atoms with Crippen molar-refractivity contribution in [1.29, 1.82) is 0 Å². The number of nitrogens with zero attached hydrogens (tertiary/aromatic N) is 1. The van der Waals surface area contributed by atoms with E-state index < -0.39 is 0 Å². The maximum absolute atomic E-state index is 5.74. The van der Waals surface area contributed by atoms with Crippen LogP contribution in [0.15, 0.2) is 18.2 Å². The Morgan fingerprint density at radius 2 is 2.21 bits per heavy atom. The third kappa shape index (κ3) is 3.28. The zero-order chi connectivity index (χ0) is 13.7. The zero-order valence-corrected chi connectivity index (χ0v) is 12.2. The fraction of sp³-hybridized carbons (Fsp3) is 0.625. The van der Waals surface area contributed by atoms with E-state index in [-0.39, 0.29) is 0 Å². The monoisotopic (exact) mass is 262 g/mol. The molecule has 0 amide bonds. The third-order valence-corrected chi connectivity index (χ3v) is 4.08. The molecule has 0 aliphatic heterocycles. The van der Waals surface area contributed by atoms with Crippen molar-refractivity contribution >= 4 is 0 Å². The van der Waals surface area contributed by atoms with E-state index in [0.717, 1.165) is 38.2 Å². The van der Waals surface area contributed by atoms with E-state index in [4.69, 9.17) is 10.5 Å². The van der Waals surface area contributed by atoms with Gasteiger partial charge in [0.2, 0.25) is 0 Å². The molecule has 0 spiro atoms. The molecule has 2 N–H and O–H groups in total. The summed E-state index contributed by atoms with van der Waals surface area (Å²) >= 11 is 0. The molecule has 1 aliphatic carbocycles. The van der Waals surface area contributed by atoms with E-state index in [2.05, 4.69) is 30.0 Å². The van der Waals surface area contributed by atoms with Crippen LogP contribution in [-0.4, -0.2) is 37.7 Å². The SMILES string of the molecule is CCCN(CCN)[C@@H]1CCc2c(cccc2OC)C1. The summed E-state index contributed by atoms with van der Waals surface area (Å²) in [5.74, 6) is 1.05. The van der Waals surface area contributed by atoms with Crippen molar-refractivity contribution in [3.8, 4) is 5.75 Å². The van der Waals surface area contributed by atoms with Crippen LogP contribution in [-0.2, 0) is 12.8 Å². The van der Waals surface area contributed by atoms with Crippen molar-refractivity contribution in [3.63, 3.8) is 0 Å². The Labute approximate surface area is 116 Å². The highest BCUT2D eigenvalue weighted by Gasteiger charge is 2.25. The predicted molar refractivity (Wildman–Crippen MR) is 79.7 cm³/mol. The second-order valence-corrected chi connectivity index (χ2v) is 5.32. The van der Waals surface area contributed by atoms with Gasteiger partial charge in [-0.1, -0.05) is 19.1 Å². The number of rotatable bonds is 6. The van der Waals surface area contributed by atoms with E-state index in [1.165, 1.54) is 24.0 Å².